The van der Waals surface area contributed by atoms with Gasteiger partial charge in [-0.3, -0.25) is 14.5 Å². The van der Waals surface area contributed by atoms with E-state index in [9.17, 15) is 14.7 Å². The van der Waals surface area contributed by atoms with Gasteiger partial charge in [0.1, 0.15) is 6.04 Å². The number of likely N-dealkylation sites (N-methyl/N-ethyl adjacent to an activating group) is 1. The topological polar surface area (TPSA) is 72.9 Å². The SMILES string of the molecule is C=C(/C=C(/CN1CCCCC1C(=O)O)N(C)C)C(=O)Nc1cccc(-c2ccccc2)c1C. The monoisotopic (exact) mass is 447 g/mol. The Labute approximate surface area is 196 Å². The lowest BCUT2D eigenvalue weighted by Gasteiger charge is -2.35. The van der Waals surface area contributed by atoms with E-state index in [1.807, 2.05) is 79.3 Å². The van der Waals surface area contributed by atoms with E-state index in [2.05, 4.69) is 11.9 Å². The molecule has 1 unspecified atom stereocenters. The molecule has 33 heavy (non-hydrogen) atoms. The average Bonchev–Trinajstić information content (AvgIpc) is 2.80. The van der Waals surface area contributed by atoms with Gasteiger partial charge in [0.2, 0.25) is 0 Å². The molecule has 1 aliphatic heterocycles. The Bertz CT molecular complexity index is 1040. The van der Waals surface area contributed by atoms with E-state index in [0.29, 0.717) is 18.5 Å². The highest BCUT2D eigenvalue weighted by Gasteiger charge is 2.29. The number of nitrogens with zero attached hydrogens (tertiary/aromatic N) is 2. The molecule has 0 saturated carbocycles. The van der Waals surface area contributed by atoms with Crippen molar-refractivity contribution in [1.29, 1.82) is 0 Å². The van der Waals surface area contributed by atoms with Crippen LogP contribution in [0.3, 0.4) is 0 Å². The number of hydrogen-bond donors (Lipinski definition) is 2. The second-order valence-corrected chi connectivity index (χ2v) is 8.67. The van der Waals surface area contributed by atoms with Gasteiger partial charge in [0.25, 0.3) is 5.91 Å². The quantitative estimate of drug-likeness (QED) is 0.459. The maximum atomic E-state index is 13.0. The summed E-state index contributed by atoms with van der Waals surface area (Å²) in [6, 6.07) is 15.4. The van der Waals surface area contributed by atoms with Crippen molar-refractivity contribution < 1.29 is 14.7 Å². The molecule has 0 radical (unpaired) electrons. The zero-order valence-electron chi connectivity index (χ0n) is 19.7. The van der Waals surface area contributed by atoms with Gasteiger partial charge in [0, 0.05) is 37.6 Å². The molecule has 0 spiro atoms. The van der Waals surface area contributed by atoms with E-state index >= 15 is 0 Å². The molecule has 1 saturated heterocycles. The summed E-state index contributed by atoms with van der Waals surface area (Å²) in [5.41, 5.74) is 5.05. The molecule has 0 aromatic heterocycles. The molecule has 2 N–H and O–H groups in total. The first-order valence-electron chi connectivity index (χ1n) is 11.3. The average molecular weight is 448 g/mol. The molecule has 1 aliphatic rings. The number of amides is 1. The molecule has 1 atom stereocenters. The fraction of sp³-hybridized carbons (Fsp3) is 0.333. The van der Waals surface area contributed by atoms with Crippen LogP contribution in [-0.4, -0.2) is 60.0 Å². The standard InChI is InChI=1S/C27H33N3O3/c1-19(17-22(29(3)4)18-30-16-9-8-15-25(30)27(32)33)26(31)28-24-14-10-13-23(20(24)2)21-11-6-5-7-12-21/h5-7,10-14,17,25H,1,8-9,15-16,18H2,2-4H3,(H,28,31)(H,32,33)/b22-17-. The van der Waals surface area contributed by atoms with Crippen molar-refractivity contribution >= 4 is 17.6 Å². The van der Waals surface area contributed by atoms with Crippen molar-refractivity contribution in [1.82, 2.24) is 9.80 Å². The molecular formula is C27H33N3O3. The molecule has 3 rings (SSSR count). The van der Waals surface area contributed by atoms with Gasteiger partial charge in [-0.25, -0.2) is 0 Å². The Morgan fingerprint density at radius 2 is 1.88 bits per heavy atom. The van der Waals surface area contributed by atoms with Gasteiger partial charge in [-0.15, -0.1) is 0 Å². The zero-order valence-corrected chi connectivity index (χ0v) is 19.7. The van der Waals surface area contributed by atoms with Gasteiger partial charge in [-0.05, 0) is 55.1 Å². The molecule has 2 aromatic rings. The second-order valence-electron chi connectivity index (χ2n) is 8.67. The molecule has 0 aliphatic carbocycles. The Hall–Kier alpha value is -3.38. The third-order valence-electron chi connectivity index (χ3n) is 6.14. The largest absolute Gasteiger partial charge is 0.480 e. The van der Waals surface area contributed by atoms with E-state index in [1.54, 1.807) is 6.08 Å². The number of carboxylic acids is 1. The normalized spacial score (nSPS) is 16.8. The number of carbonyl (C=O) groups excluding carboxylic acids is 1. The number of piperidine rings is 1. The smallest absolute Gasteiger partial charge is 0.320 e. The van der Waals surface area contributed by atoms with Crippen molar-refractivity contribution in [3.63, 3.8) is 0 Å². The first kappa shape index (κ1) is 24.3. The van der Waals surface area contributed by atoms with E-state index in [1.165, 1.54) is 0 Å². The molecule has 1 amide bonds. The number of hydrogen-bond acceptors (Lipinski definition) is 4. The predicted octanol–water partition coefficient (Wildman–Crippen LogP) is 4.54. The summed E-state index contributed by atoms with van der Waals surface area (Å²) in [6.45, 7) is 7.16. The summed E-state index contributed by atoms with van der Waals surface area (Å²) >= 11 is 0. The third kappa shape index (κ3) is 6.11. The van der Waals surface area contributed by atoms with E-state index in [0.717, 1.165) is 47.5 Å². The summed E-state index contributed by atoms with van der Waals surface area (Å²) in [4.78, 5) is 28.5. The Balaban J connectivity index is 1.75. The molecule has 1 fully saturated rings. The van der Waals surface area contributed by atoms with Crippen molar-refractivity contribution in [2.45, 2.75) is 32.2 Å². The molecule has 174 valence electrons. The van der Waals surface area contributed by atoms with Crippen LogP contribution in [-0.2, 0) is 9.59 Å². The highest BCUT2D eigenvalue weighted by molar-refractivity contribution is 6.06. The number of nitrogens with one attached hydrogen (secondary N) is 1. The highest BCUT2D eigenvalue weighted by Crippen LogP contribution is 2.28. The minimum Gasteiger partial charge on any atom is -0.480 e. The van der Waals surface area contributed by atoms with Crippen LogP contribution in [0.1, 0.15) is 24.8 Å². The van der Waals surface area contributed by atoms with Crippen LogP contribution >= 0.6 is 0 Å². The number of aliphatic carboxylic acids is 1. The molecule has 6 nitrogen and oxygen atoms in total. The lowest BCUT2D eigenvalue weighted by Crippen LogP contribution is -2.46. The van der Waals surface area contributed by atoms with Gasteiger partial charge in [0.15, 0.2) is 0 Å². The van der Waals surface area contributed by atoms with Crippen LogP contribution < -0.4 is 5.32 Å². The molecule has 6 heteroatoms. The summed E-state index contributed by atoms with van der Waals surface area (Å²) in [6.07, 6.45) is 4.29. The number of benzene rings is 2. The van der Waals surface area contributed by atoms with Crippen LogP contribution in [0.4, 0.5) is 5.69 Å². The minimum atomic E-state index is -0.793. The van der Waals surface area contributed by atoms with Gasteiger partial charge in [-0.1, -0.05) is 55.5 Å². The van der Waals surface area contributed by atoms with Gasteiger partial charge >= 0.3 is 5.97 Å². The predicted molar refractivity (Wildman–Crippen MR) is 133 cm³/mol. The maximum absolute atomic E-state index is 13.0. The third-order valence-corrected chi connectivity index (χ3v) is 6.14. The number of carboxylic acid groups (broad SMARTS) is 1. The lowest BCUT2D eigenvalue weighted by molar-refractivity contribution is -0.144. The van der Waals surface area contributed by atoms with Crippen molar-refractivity contribution in [3.05, 3.63) is 78.0 Å². The van der Waals surface area contributed by atoms with Crippen molar-refractivity contribution in [2.75, 3.05) is 32.5 Å². The summed E-state index contributed by atoms with van der Waals surface area (Å²) in [7, 11) is 3.79. The number of carbonyl (C=O) groups is 2. The fourth-order valence-corrected chi connectivity index (χ4v) is 4.15. The van der Waals surface area contributed by atoms with Crippen molar-refractivity contribution in [3.8, 4) is 11.1 Å². The second kappa shape index (κ2) is 11.0. The van der Waals surface area contributed by atoms with Gasteiger partial charge in [-0.2, -0.15) is 0 Å². The van der Waals surface area contributed by atoms with Crippen LogP contribution in [0.2, 0.25) is 0 Å². The molecule has 0 bridgehead atoms. The lowest BCUT2D eigenvalue weighted by atomic mass is 9.99. The maximum Gasteiger partial charge on any atom is 0.320 e. The Morgan fingerprint density at radius 1 is 1.15 bits per heavy atom. The summed E-state index contributed by atoms with van der Waals surface area (Å²) < 4.78 is 0. The van der Waals surface area contributed by atoms with E-state index < -0.39 is 12.0 Å². The first-order chi connectivity index (χ1) is 15.8. The number of rotatable bonds is 8. The van der Waals surface area contributed by atoms with Gasteiger partial charge < -0.3 is 15.3 Å². The molecule has 1 heterocycles. The molecule has 2 aromatic carbocycles. The Kier molecular flexibility index (Phi) is 8.06. The highest BCUT2D eigenvalue weighted by atomic mass is 16.4. The van der Waals surface area contributed by atoms with Gasteiger partial charge in [0.05, 0.1) is 0 Å². The number of likely N-dealkylation sites (tertiary alicyclic amines) is 1. The van der Waals surface area contributed by atoms with Crippen molar-refractivity contribution in [2.24, 2.45) is 0 Å². The van der Waals surface area contributed by atoms with Crippen LogP contribution in [0.15, 0.2) is 72.5 Å². The summed E-state index contributed by atoms with van der Waals surface area (Å²) in [5, 5.41) is 12.6. The molecular weight excluding hydrogens is 414 g/mol. The number of anilines is 1. The zero-order chi connectivity index (χ0) is 24.0. The summed E-state index contributed by atoms with van der Waals surface area (Å²) in [5.74, 6) is -1.07. The van der Waals surface area contributed by atoms with Crippen LogP contribution in [0.5, 0.6) is 0 Å². The van der Waals surface area contributed by atoms with E-state index in [-0.39, 0.29) is 5.91 Å². The minimum absolute atomic E-state index is 0.281. The fourth-order valence-electron chi connectivity index (χ4n) is 4.15. The van der Waals surface area contributed by atoms with Crippen LogP contribution in [0, 0.1) is 6.92 Å². The first-order valence-corrected chi connectivity index (χ1v) is 11.3. The van der Waals surface area contributed by atoms with E-state index in [4.69, 9.17) is 0 Å². The Morgan fingerprint density at radius 3 is 2.55 bits per heavy atom. The van der Waals surface area contributed by atoms with Crippen LogP contribution in [0.25, 0.3) is 11.1 Å².